The Hall–Kier alpha value is -1.42. The van der Waals surface area contributed by atoms with Gasteiger partial charge in [-0.1, -0.05) is 34.8 Å². The van der Waals surface area contributed by atoms with Gasteiger partial charge in [-0.3, -0.25) is 4.79 Å². The summed E-state index contributed by atoms with van der Waals surface area (Å²) in [6.45, 7) is 0. The highest BCUT2D eigenvalue weighted by Crippen LogP contribution is 2.32. The van der Waals surface area contributed by atoms with Crippen molar-refractivity contribution in [3.63, 3.8) is 0 Å². The lowest BCUT2D eigenvalue weighted by Crippen LogP contribution is -2.13. The number of halogens is 3. The van der Waals surface area contributed by atoms with Gasteiger partial charge in [0.1, 0.15) is 5.75 Å². The second-order valence-corrected chi connectivity index (χ2v) is 5.09. The van der Waals surface area contributed by atoms with E-state index in [2.05, 4.69) is 5.32 Å². The zero-order valence-corrected chi connectivity index (χ0v) is 12.7. The van der Waals surface area contributed by atoms with Crippen LogP contribution in [-0.2, 0) is 0 Å². The van der Waals surface area contributed by atoms with Crippen LogP contribution in [0, 0.1) is 0 Å². The zero-order chi connectivity index (χ0) is 14.7. The number of hydrogen-bond acceptors (Lipinski definition) is 2. The number of anilines is 1. The molecule has 0 aromatic heterocycles. The largest absolute Gasteiger partial charge is 0.497 e. The van der Waals surface area contributed by atoms with Gasteiger partial charge in [0.25, 0.3) is 5.91 Å². The Morgan fingerprint density at radius 3 is 2.20 bits per heavy atom. The summed E-state index contributed by atoms with van der Waals surface area (Å²) < 4.78 is 5.04. The number of nitrogens with one attached hydrogen (secondary N) is 1. The van der Waals surface area contributed by atoms with Crippen molar-refractivity contribution in [2.75, 3.05) is 12.4 Å². The van der Waals surface area contributed by atoms with Crippen molar-refractivity contribution in [3.8, 4) is 5.75 Å². The summed E-state index contributed by atoms with van der Waals surface area (Å²) in [5, 5.41) is 3.34. The summed E-state index contributed by atoms with van der Waals surface area (Å²) in [5.74, 6) is 0.273. The fourth-order valence-electron chi connectivity index (χ4n) is 1.60. The molecule has 0 aliphatic carbocycles. The topological polar surface area (TPSA) is 38.3 Å². The average Bonchev–Trinajstić information content (AvgIpc) is 2.44. The maximum absolute atomic E-state index is 12.2. The van der Waals surface area contributed by atoms with E-state index in [-0.39, 0.29) is 20.6 Å². The molecule has 0 heterocycles. The fraction of sp³-hybridized carbons (Fsp3) is 0.0714. The number of carbonyl (C=O) groups is 1. The first-order valence-electron chi connectivity index (χ1n) is 5.62. The molecule has 0 aliphatic heterocycles. The Morgan fingerprint density at radius 1 is 1.00 bits per heavy atom. The van der Waals surface area contributed by atoms with Crippen molar-refractivity contribution < 1.29 is 9.53 Å². The molecule has 2 aromatic carbocycles. The average molecular weight is 331 g/mol. The third-order valence-electron chi connectivity index (χ3n) is 2.62. The lowest BCUT2D eigenvalue weighted by molar-refractivity contribution is 0.102. The van der Waals surface area contributed by atoms with Crippen molar-refractivity contribution in [1.29, 1.82) is 0 Å². The second kappa shape index (κ2) is 6.35. The smallest absolute Gasteiger partial charge is 0.258 e. The minimum absolute atomic E-state index is 0.130. The molecule has 1 amide bonds. The number of ether oxygens (including phenoxy) is 1. The molecule has 0 spiro atoms. The fourth-order valence-corrected chi connectivity index (χ4v) is 2.30. The van der Waals surface area contributed by atoms with Crippen LogP contribution in [0.5, 0.6) is 5.75 Å². The number of methoxy groups -OCH3 is 1. The van der Waals surface area contributed by atoms with E-state index in [1.54, 1.807) is 31.4 Å². The number of hydrogen-bond donors (Lipinski definition) is 1. The molecule has 20 heavy (non-hydrogen) atoms. The Morgan fingerprint density at radius 2 is 1.60 bits per heavy atom. The van der Waals surface area contributed by atoms with Gasteiger partial charge < -0.3 is 10.1 Å². The number of carbonyl (C=O) groups excluding carboxylic acids is 1. The van der Waals surface area contributed by atoms with Crippen molar-refractivity contribution >= 4 is 46.4 Å². The first-order chi connectivity index (χ1) is 9.52. The van der Waals surface area contributed by atoms with Crippen LogP contribution in [0.4, 0.5) is 5.69 Å². The van der Waals surface area contributed by atoms with Gasteiger partial charge in [-0.05, 0) is 36.4 Å². The normalized spacial score (nSPS) is 10.2. The monoisotopic (exact) mass is 329 g/mol. The highest BCUT2D eigenvalue weighted by Gasteiger charge is 2.17. The van der Waals surface area contributed by atoms with E-state index in [0.717, 1.165) is 0 Å². The van der Waals surface area contributed by atoms with E-state index < -0.39 is 5.91 Å². The van der Waals surface area contributed by atoms with Crippen molar-refractivity contribution in [1.82, 2.24) is 0 Å². The molecule has 0 saturated heterocycles. The molecule has 1 N–H and O–H groups in total. The predicted molar refractivity (Wildman–Crippen MR) is 82.4 cm³/mol. The summed E-state index contributed by atoms with van der Waals surface area (Å²) >= 11 is 17.9. The molecule has 6 heteroatoms. The van der Waals surface area contributed by atoms with Crippen LogP contribution in [0.25, 0.3) is 0 Å². The minimum atomic E-state index is -0.423. The van der Waals surface area contributed by atoms with E-state index in [1.165, 1.54) is 12.1 Å². The molecule has 0 radical (unpaired) electrons. The molecule has 2 aromatic rings. The summed E-state index contributed by atoms with van der Waals surface area (Å²) in [7, 11) is 1.57. The van der Waals surface area contributed by atoms with Crippen molar-refractivity contribution in [2.45, 2.75) is 0 Å². The quantitative estimate of drug-likeness (QED) is 0.812. The summed E-state index contributed by atoms with van der Waals surface area (Å²) in [6, 6.07) is 9.95. The standard InChI is InChI=1S/C14H10Cl3NO2/c1-20-9-4-2-8(3-5-9)18-14(19)12-10(15)6-7-11(16)13(12)17/h2-7H,1H3,(H,18,19). The predicted octanol–water partition coefficient (Wildman–Crippen LogP) is 4.91. The van der Waals surface area contributed by atoms with Gasteiger partial charge in [-0.25, -0.2) is 0 Å². The molecule has 104 valence electrons. The Balaban J connectivity index is 2.26. The number of rotatable bonds is 3. The Kier molecular flexibility index (Phi) is 4.76. The van der Waals surface area contributed by atoms with Gasteiger partial charge in [0.05, 0.1) is 27.7 Å². The molecule has 0 unspecified atom stereocenters. The SMILES string of the molecule is COc1ccc(NC(=O)c2c(Cl)ccc(Cl)c2Cl)cc1. The number of benzene rings is 2. The lowest BCUT2D eigenvalue weighted by atomic mass is 10.2. The van der Waals surface area contributed by atoms with E-state index in [0.29, 0.717) is 11.4 Å². The Bertz CT molecular complexity index is 642. The summed E-state index contributed by atoms with van der Waals surface area (Å²) in [6.07, 6.45) is 0. The lowest BCUT2D eigenvalue weighted by Gasteiger charge is -2.10. The molecule has 3 nitrogen and oxygen atoms in total. The van der Waals surface area contributed by atoms with Gasteiger partial charge in [-0.2, -0.15) is 0 Å². The van der Waals surface area contributed by atoms with Gasteiger partial charge >= 0.3 is 0 Å². The molecule has 2 rings (SSSR count). The van der Waals surface area contributed by atoms with Crippen LogP contribution < -0.4 is 10.1 Å². The molecule has 0 saturated carbocycles. The molecular formula is C14H10Cl3NO2. The summed E-state index contributed by atoms with van der Waals surface area (Å²) in [5.41, 5.74) is 0.750. The maximum atomic E-state index is 12.2. The molecule has 0 atom stereocenters. The van der Waals surface area contributed by atoms with Crippen molar-refractivity contribution in [2.24, 2.45) is 0 Å². The van der Waals surface area contributed by atoms with Gasteiger partial charge in [0, 0.05) is 5.69 Å². The van der Waals surface area contributed by atoms with E-state index in [9.17, 15) is 4.79 Å². The second-order valence-electron chi connectivity index (χ2n) is 3.90. The maximum Gasteiger partial charge on any atom is 0.258 e. The third-order valence-corrected chi connectivity index (χ3v) is 3.74. The van der Waals surface area contributed by atoms with Crippen LogP contribution in [0.15, 0.2) is 36.4 Å². The first kappa shape index (κ1) is 15.0. The van der Waals surface area contributed by atoms with Crippen LogP contribution in [0.1, 0.15) is 10.4 Å². The minimum Gasteiger partial charge on any atom is -0.497 e. The summed E-state index contributed by atoms with van der Waals surface area (Å²) in [4.78, 5) is 12.2. The third kappa shape index (κ3) is 3.18. The highest BCUT2D eigenvalue weighted by molar-refractivity contribution is 6.46. The number of amides is 1. The Labute approximate surface area is 131 Å². The highest BCUT2D eigenvalue weighted by atomic mass is 35.5. The van der Waals surface area contributed by atoms with Gasteiger partial charge in [0.15, 0.2) is 0 Å². The molecule has 0 aliphatic rings. The van der Waals surface area contributed by atoms with Crippen molar-refractivity contribution in [3.05, 3.63) is 57.0 Å². The van der Waals surface area contributed by atoms with Gasteiger partial charge in [0.2, 0.25) is 0 Å². The molecule has 0 fully saturated rings. The molecular weight excluding hydrogens is 321 g/mol. The van der Waals surface area contributed by atoms with Crippen LogP contribution in [-0.4, -0.2) is 13.0 Å². The van der Waals surface area contributed by atoms with Crippen LogP contribution >= 0.6 is 34.8 Å². The van der Waals surface area contributed by atoms with Gasteiger partial charge in [-0.15, -0.1) is 0 Å². The van der Waals surface area contributed by atoms with E-state index in [1.807, 2.05) is 0 Å². The first-order valence-corrected chi connectivity index (χ1v) is 6.75. The van der Waals surface area contributed by atoms with E-state index in [4.69, 9.17) is 39.5 Å². The van der Waals surface area contributed by atoms with Crippen LogP contribution in [0.3, 0.4) is 0 Å². The zero-order valence-electron chi connectivity index (χ0n) is 10.4. The molecule has 0 bridgehead atoms. The van der Waals surface area contributed by atoms with E-state index >= 15 is 0 Å². The van der Waals surface area contributed by atoms with Crippen LogP contribution in [0.2, 0.25) is 15.1 Å².